The zero-order valence-corrected chi connectivity index (χ0v) is 21.1. The van der Waals surface area contributed by atoms with Crippen LogP contribution in [-0.4, -0.2) is 77.2 Å². The molecule has 1 atom stereocenters. The van der Waals surface area contributed by atoms with Crippen LogP contribution >= 0.6 is 0 Å². The van der Waals surface area contributed by atoms with Crippen LogP contribution in [0.25, 0.3) is 34.3 Å². The highest BCUT2D eigenvalue weighted by Gasteiger charge is 2.23. The highest BCUT2D eigenvalue weighted by atomic mass is 16.5. The lowest BCUT2D eigenvalue weighted by Crippen LogP contribution is -2.34. The van der Waals surface area contributed by atoms with Crippen molar-refractivity contribution in [3.8, 4) is 23.0 Å². The minimum atomic E-state index is -0.114. The summed E-state index contributed by atoms with van der Waals surface area (Å²) in [6.45, 7) is 9.09. The molecule has 190 valence electrons. The first-order chi connectivity index (χ1) is 17.5. The van der Waals surface area contributed by atoms with Crippen molar-refractivity contribution < 1.29 is 14.6 Å². The smallest absolute Gasteiger partial charge is 0.240 e. The molecule has 36 heavy (non-hydrogen) atoms. The molecule has 2 N–H and O–H groups in total. The molecular formula is C25H32N8O3. The summed E-state index contributed by atoms with van der Waals surface area (Å²) in [6.07, 6.45) is 7.42. The largest absolute Gasteiger partial charge is 0.476 e. The molecule has 0 aromatic carbocycles. The highest BCUT2D eigenvalue weighted by molar-refractivity contribution is 5.91. The summed E-state index contributed by atoms with van der Waals surface area (Å²) < 4.78 is 15.9. The third-order valence-corrected chi connectivity index (χ3v) is 6.35. The fourth-order valence-electron chi connectivity index (χ4n) is 4.57. The number of ether oxygens (including phenoxy) is 2. The maximum atomic E-state index is 9.70. The molecule has 0 saturated heterocycles. The van der Waals surface area contributed by atoms with Gasteiger partial charge in [0.1, 0.15) is 6.10 Å². The van der Waals surface area contributed by atoms with Gasteiger partial charge in [0.2, 0.25) is 11.8 Å². The Balaban J connectivity index is 1.69. The fraction of sp³-hybridized carbons (Fsp3) is 0.440. The molecule has 0 saturated carbocycles. The number of aromatic amines is 1. The molecular weight excluding hydrogens is 460 g/mol. The van der Waals surface area contributed by atoms with Gasteiger partial charge in [-0.1, -0.05) is 6.92 Å². The predicted molar refractivity (Wildman–Crippen MR) is 137 cm³/mol. The molecule has 0 aliphatic carbocycles. The van der Waals surface area contributed by atoms with Gasteiger partial charge in [0.05, 0.1) is 65.9 Å². The molecule has 0 unspecified atom stereocenters. The van der Waals surface area contributed by atoms with Gasteiger partial charge in [0.15, 0.2) is 0 Å². The van der Waals surface area contributed by atoms with Crippen LogP contribution in [0.1, 0.15) is 37.7 Å². The fourth-order valence-corrected chi connectivity index (χ4v) is 4.57. The number of likely N-dealkylation sites (N-methyl/N-ethyl adjacent to an activating group) is 1. The van der Waals surface area contributed by atoms with Crippen LogP contribution in [-0.2, 0) is 20.1 Å². The van der Waals surface area contributed by atoms with Crippen molar-refractivity contribution in [2.24, 2.45) is 7.05 Å². The summed E-state index contributed by atoms with van der Waals surface area (Å²) >= 11 is 0. The van der Waals surface area contributed by atoms with Gasteiger partial charge in [0.25, 0.3) is 0 Å². The van der Waals surface area contributed by atoms with E-state index in [0.717, 1.165) is 45.7 Å². The molecule has 0 fully saturated rings. The maximum Gasteiger partial charge on any atom is 0.240 e. The van der Waals surface area contributed by atoms with Crippen molar-refractivity contribution in [2.75, 3.05) is 26.3 Å². The zero-order chi connectivity index (χ0) is 25.2. The van der Waals surface area contributed by atoms with Gasteiger partial charge in [0, 0.05) is 25.5 Å². The quantitative estimate of drug-likeness (QED) is 0.437. The van der Waals surface area contributed by atoms with Crippen LogP contribution in [0.5, 0.6) is 11.8 Å². The van der Waals surface area contributed by atoms with Crippen LogP contribution < -0.4 is 9.47 Å². The van der Waals surface area contributed by atoms with E-state index in [0.29, 0.717) is 38.0 Å². The van der Waals surface area contributed by atoms with E-state index >= 15 is 0 Å². The van der Waals surface area contributed by atoms with E-state index in [9.17, 15) is 5.11 Å². The number of fused-ring (bicyclic) bond motifs is 4. The molecule has 0 spiro atoms. The summed E-state index contributed by atoms with van der Waals surface area (Å²) in [5.74, 6) is 1.22. The standard InChI is InChI=1S/C25H32N8O3/c1-5-32-14-16(3)36-25-19(12-27-31(25)4)21-11-18-20(28-29-22(18)13-26-21)8-7-17-23(15-32)33(9-10-34)30-24(17)35-6-2/h7-8,11-13,16,34H,5-6,9-10,14-15H2,1-4H3,(H,28,29)/b8-7+/t16-/m0/s1. The maximum absolute atomic E-state index is 9.70. The number of aliphatic hydroxyl groups is 1. The summed E-state index contributed by atoms with van der Waals surface area (Å²) in [6, 6.07) is 2.00. The minimum Gasteiger partial charge on any atom is -0.476 e. The first kappa shape index (κ1) is 24.0. The normalized spacial score (nSPS) is 17.3. The van der Waals surface area contributed by atoms with Gasteiger partial charge in [-0.05, 0) is 38.6 Å². The molecule has 4 aromatic heterocycles. The monoisotopic (exact) mass is 492 g/mol. The number of nitrogens with zero attached hydrogens (tertiary/aromatic N) is 7. The van der Waals surface area contributed by atoms with Gasteiger partial charge < -0.3 is 14.6 Å². The average Bonchev–Trinajstić information content (AvgIpc) is 3.53. The van der Waals surface area contributed by atoms with Crippen molar-refractivity contribution in [3.05, 3.63) is 35.4 Å². The second kappa shape index (κ2) is 10.1. The second-order valence-corrected chi connectivity index (χ2v) is 8.85. The molecule has 11 nitrogen and oxygen atoms in total. The first-order valence-electron chi connectivity index (χ1n) is 12.3. The number of pyridine rings is 1. The lowest BCUT2D eigenvalue weighted by molar-refractivity contribution is 0.133. The summed E-state index contributed by atoms with van der Waals surface area (Å²) in [7, 11) is 1.87. The van der Waals surface area contributed by atoms with Crippen molar-refractivity contribution in [1.82, 2.24) is 39.6 Å². The number of nitrogens with one attached hydrogen (secondary N) is 1. The van der Waals surface area contributed by atoms with Gasteiger partial charge in [-0.2, -0.15) is 10.2 Å². The van der Waals surface area contributed by atoms with E-state index < -0.39 is 0 Å². The average molecular weight is 493 g/mol. The Kier molecular flexibility index (Phi) is 6.75. The summed E-state index contributed by atoms with van der Waals surface area (Å²) in [4.78, 5) is 6.94. The van der Waals surface area contributed by atoms with Crippen LogP contribution in [0.4, 0.5) is 0 Å². The Morgan fingerprint density at radius 3 is 2.89 bits per heavy atom. The Morgan fingerprint density at radius 1 is 1.25 bits per heavy atom. The van der Waals surface area contributed by atoms with E-state index in [2.05, 4.69) is 44.1 Å². The molecule has 1 aliphatic heterocycles. The molecule has 4 aromatic rings. The van der Waals surface area contributed by atoms with Crippen molar-refractivity contribution in [2.45, 2.75) is 40.0 Å². The Labute approximate surface area is 209 Å². The van der Waals surface area contributed by atoms with E-state index in [1.54, 1.807) is 17.1 Å². The van der Waals surface area contributed by atoms with E-state index in [1.807, 2.05) is 36.9 Å². The molecule has 0 amide bonds. The number of aliphatic hydroxyl groups excluding tert-OH is 1. The third-order valence-electron chi connectivity index (χ3n) is 6.35. The van der Waals surface area contributed by atoms with Crippen molar-refractivity contribution in [3.63, 3.8) is 0 Å². The van der Waals surface area contributed by atoms with E-state index in [-0.39, 0.29) is 12.7 Å². The number of hydrogen-bond acceptors (Lipinski definition) is 8. The highest BCUT2D eigenvalue weighted by Crippen LogP contribution is 2.32. The Hall–Kier alpha value is -3.70. The Morgan fingerprint density at radius 2 is 2.11 bits per heavy atom. The number of aromatic nitrogens is 7. The number of rotatable bonds is 5. The predicted octanol–water partition coefficient (Wildman–Crippen LogP) is 2.72. The second-order valence-electron chi connectivity index (χ2n) is 8.85. The molecule has 5 rings (SSSR count). The van der Waals surface area contributed by atoms with Crippen molar-refractivity contribution in [1.29, 1.82) is 0 Å². The zero-order valence-electron chi connectivity index (χ0n) is 21.1. The first-order valence-corrected chi connectivity index (χ1v) is 12.3. The summed E-state index contributed by atoms with van der Waals surface area (Å²) in [5, 5.41) is 27.3. The van der Waals surface area contributed by atoms with Crippen LogP contribution in [0.15, 0.2) is 18.5 Å². The lowest BCUT2D eigenvalue weighted by Gasteiger charge is -2.25. The van der Waals surface area contributed by atoms with Crippen LogP contribution in [0.3, 0.4) is 0 Å². The number of H-pyrrole nitrogens is 1. The number of hydrogen-bond donors (Lipinski definition) is 2. The molecule has 1 aliphatic rings. The van der Waals surface area contributed by atoms with Crippen LogP contribution in [0.2, 0.25) is 0 Å². The molecule has 11 heteroatoms. The van der Waals surface area contributed by atoms with Gasteiger partial charge in [-0.25, -0.2) is 4.68 Å². The SMILES string of the molecule is CCOc1nn(CCO)c2c1/C=C/c1n[nH]c3cnc(cc13)-c1cnn(C)c1O[C@@H](C)CN(CC)C2. The number of aryl methyl sites for hydroxylation is 1. The Bertz CT molecular complexity index is 1390. The lowest BCUT2D eigenvalue weighted by atomic mass is 10.1. The molecule has 2 bridgehead atoms. The molecule has 5 heterocycles. The topological polar surface area (TPSA) is 119 Å². The third kappa shape index (κ3) is 4.47. The molecule has 0 radical (unpaired) electrons. The van der Waals surface area contributed by atoms with E-state index in [1.165, 1.54) is 0 Å². The van der Waals surface area contributed by atoms with Gasteiger partial charge in [-0.15, -0.1) is 5.10 Å². The van der Waals surface area contributed by atoms with Crippen LogP contribution in [0, 0.1) is 0 Å². The van der Waals surface area contributed by atoms with Crippen molar-refractivity contribution >= 4 is 23.1 Å². The van der Waals surface area contributed by atoms with E-state index in [4.69, 9.17) is 9.47 Å². The van der Waals surface area contributed by atoms with Gasteiger partial charge in [-0.3, -0.25) is 19.7 Å². The minimum absolute atomic E-state index is 0.0158. The van der Waals surface area contributed by atoms with Gasteiger partial charge >= 0.3 is 0 Å². The summed E-state index contributed by atoms with van der Waals surface area (Å²) in [5.41, 5.74) is 5.06.